The van der Waals surface area contributed by atoms with Gasteiger partial charge in [-0.05, 0) is 36.3 Å². The van der Waals surface area contributed by atoms with Crippen LogP contribution in [0.2, 0.25) is 0 Å². The first-order valence-corrected chi connectivity index (χ1v) is 7.78. The third-order valence-corrected chi connectivity index (χ3v) is 4.87. The van der Waals surface area contributed by atoms with E-state index in [4.69, 9.17) is 13.7 Å². The number of hydrogen-bond acceptors (Lipinski definition) is 5. The van der Waals surface area contributed by atoms with Crippen LogP contribution in [-0.2, 0) is 17.8 Å². The van der Waals surface area contributed by atoms with Gasteiger partial charge < -0.3 is 19.0 Å². The van der Waals surface area contributed by atoms with E-state index >= 15 is 0 Å². The molecule has 2 atom stereocenters. The minimum atomic E-state index is -0.157. The fourth-order valence-electron chi connectivity index (χ4n) is 3.16. The van der Waals surface area contributed by atoms with Crippen LogP contribution in [0.3, 0.4) is 0 Å². The first-order chi connectivity index (χ1) is 11.0. The molecule has 0 aliphatic heterocycles. The molecule has 0 radical (unpaired) electrons. The number of carbonyl (C=O) groups excluding carboxylic acids is 1. The molecule has 1 N–H and O–H groups in total. The van der Waals surface area contributed by atoms with Crippen LogP contribution in [0.1, 0.15) is 42.3 Å². The molecule has 1 fully saturated rings. The number of hydrogen-bond donors (Lipinski definition) is 1. The number of amides is 1. The second kappa shape index (κ2) is 6.20. The normalized spacial score (nSPS) is 22.6. The summed E-state index contributed by atoms with van der Waals surface area (Å²) in [4.78, 5) is 12.1. The van der Waals surface area contributed by atoms with E-state index in [9.17, 15) is 4.79 Å². The Morgan fingerprint density at radius 1 is 1.52 bits per heavy atom. The maximum Gasteiger partial charge on any atom is 0.287 e. The summed E-state index contributed by atoms with van der Waals surface area (Å²) in [6.45, 7) is 4.78. The zero-order valence-corrected chi connectivity index (χ0v) is 13.7. The molecule has 124 valence electrons. The summed E-state index contributed by atoms with van der Waals surface area (Å²) in [6.07, 6.45) is 3.27. The topological polar surface area (TPSA) is 77.5 Å². The number of carbonyl (C=O) groups is 1. The fourth-order valence-corrected chi connectivity index (χ4v) is 3.16. The Morgan fingerprint density at radius 2 is 2.35 bits per heavy atom. The molecule has 2 unspecified atom stereocenters. The molecule has 1 aliphatic carbocycles. The Hall–Kier alpha value is -2.08. The first-order valence-electron chi connectivity index (χ1n) is 7.78. The smallest absolute Gasteiger partial charge is 0.287 e. The zero-order chi connectivity index (χ0) is 16.4. The second-order valence-electron chi connectivity index (χ2n) is 6.68. The predicted molar refractivity (Wildman–Crippen MR) is 82.8 cm³/mol. The van der Waals surface area contributed by atoms with Crippen LogP contribution in [0.25, 0.3) is 0 Å². The highest BCUT2D eigenvalue weighted by Crippen LogP contribution is 2.47. The minimum Gasteiger partial charge on any atom is -0.459 e. The van der Waals surface area contributed by atoms with Crippen LogP contribution in [0.5, 0.6) is 0 Å². The summed E-state index contributed by atoms with van der Waals surface area (Å²) in [5.74, 6) is 1.38. The van der Waals surface area contributed by atoms with Crippen LogP contribution in [0.15, 0.2) is 33.4 Å². The average molecular weight is 318 g/mol. The molecule has 0 spiro atoms. The largest absolute Gasteiger partial charge is 0.459 e. The third-order valence-electron chi connectivity index (χ3n) is 4.87. The number of furan rings is 1. The molecular formula is C17H22N2O4. The van der Waals surface area contributed by atoms with E-state index in [1.165, 1.54) is 6.26 Å². The van der Waals surface area contributed by atoms with Gasteiger partial charge in [-0.15, -0.1) is 0 Å². The lowest BCUT2D eigenvalue weighted by atomic mass is 9.57. The van der Waals surface area contributed by atoms with Gasteiger partial charge in [0.2, 0.25) is 0 Å². The number of rotatable bonds is 6. The average Bonchev–Trinajstić information content (AvgIpc) is 3.18. The van der Waals surface area contributed by atoms with E-state index in [0.29, 0.717) is 18.3 Å². The maximum absolute atomic E-state index is 12.1. The molecule has 2 heterocycles. The molecule has 2 aromatic rings. The molecule has 6 heteroatoms. The van der Waals surface area contributed by atoms with E-state index in [-0.39, 0.29) is 17.4 Å². The van der Waals surface area contributed by atoms with Crippen molar-refractivity contribution in [2.75, 3.05) is 7.11 Å². The van der Waals surface area contributed by atoms with Gasteiger partial charge in [0.1, 0.15) is 6.61 Å². The Morgan fingerprint density at radius 3 is 3.00 bits per heavy atom. The summed E-state index contributed by atoms with van der Waals surface area (Å²) in [7, 11) is 1.63. The van der Waals surface area contributed by atoms with E-state index in [2.05, 4.69) is 24.3 Å². The van der Waals surface area contributed by atoms with Crippen molar-refractivity contribution in [3.63, 3.8) is 0 Å². The van der Waals surface area contributed by atoms with E-state index in [1.807, 2.05) is 6.07 Å². The maximum atomic E-state index is 12.1. The highest BCUT2D eigenvalue weighted by molar-refractivity contribution is 5.91. The Labute approximate surface area is 135 Å². The zero-order valence-electron chi connectivity index (χ0n) is 13.7. The standard InChI is InChI=1S/C17H22N2O4/c1-17(2)11(7-12-9-13(10-21-3)23-19-12)8-15(17)18-16(20)14-5-4-6-22-14/h4-6,9,11,15H,7-8,10H2,1-3H3,(H,18,20). The first kappa shape index (κ1) is 15.8. The number of aromatic nitrogens is 1. The van der Waals surface area contributed by atoms with Crippen LogP contribution in [-0.4, -0.2) is 24.2 Å². The van der Waals surface area contributed by atoms with Gasteiger partial charge in [-0.2, -0.15) is 0 Å². The molecule has 6 nitrogen and oxygen atoms in total. The van der Waals surface area contributed by atoms with E-state index in [1.54, 1.807) is 19.2 Å². The molecule has 1 amide bonds. The van der Waals surface area contributed by atoms with Crippen molar-refractivity contribution in [3.05, 3.63) is 41.7 Å². The molecule has 3 rings (SSSR count). The van der Waals surface area contributed by atoms with Gasteiger partial charge in [-0.1, -0.05) is 19.0 Å². The number of methoxy groups -OCH3 is 1. The van der Waals surface area contributed by atoms with E-state index in [0.717, 1.165) is 24.3 Å². The summed E-state index contributed by atoms with van der Waals surface area (Å²) in [5.41, 5.74) is 0.939. The van der Waals surface area contributed by atoms with Crippen molar-refractivity contribution in [3.8, 4) is 0 Å². The summed E-state index contributed by atoms with van der Waals surface area (Å²) < 4.78 is 15.4. The Bertz CT molecular complexity index is 660. The number of ether oxygens (including phenoxy) is 1. The molecule has 2 aromatic heterocycles. The molecule has 0 bridgehead atoms. The van der Waals surface area contributed by atoms with Gasteiger partial charge in [0.25, 0.3) is 5.91 Å². The molecule has 0 aromatic carbocycles. The lowest BCUT2D eigenvalue weighted by molar-refractivity contribution is 0.0131. The van der Waals surface area contributed by atoms with Crippen molar-refractivity contribution < 1.29 is 18.5 Å². The van der Waals surface area contributed by atoms with Crippen molar-refractivity contribution in [2.24, 2.45) is 11.3 Å². The lowest BCUT2D eigenvalue weighted by Gasteiger charge is -2.52. The molecule has 0 saturated heterocycles. The van der Waals surface area contributed by atoms with Gasteiger partial charge in [0, 0.05) is 19.2 Å². The van der Waals surface area contributed by atoms with Gasteiger partial charge >= 0.3 is 0 Å². The fraction of sp³-hybridized carbons (Fsp3) is 0.529. The van der Waals surface area contributed by atoms with Crippen molar-refractivity contribution >= 4 is 5.91 Å². The number of nitrogens with one attached hydrogen (secondary N) is 1. The summed E-state index contributed by atoms with van der Waals surface area (Å²) in [6, 6.07) is 5.46. The molecule has 23 heavy (non-hydrogen) atoms. The van der Waals surface area contributed by atoms with Crippen molar-refractivity contribution in [1.29, 1.82) is 0 Å². The Kier molecular flexibility index (Phi) is 4.26. The summed E-state index contributed by atoms with van der Waals surface area (Å²) >= 11 is 0. The third kappa shape index (κ3) is 3.17. The highest BCUT2D eigenvalue weighted by Gasteiger charge is 2.48. The van der Waals surface area contributed by atoms with Crippen LogP contribution < -0.4 is 5.32 Å². The number of nitrogens with zero attached hydrogens (tertiary/aromatic N) is 1. The van der Waals surface area contributed by atoms with E-state index < -0.39 is 0 Å². The highest BCUT2D eigenvalue weighted by atomic mass is 16.5. The molecular weight excluding hydrogens is 296 g/mol. The molecule has 1 saturated carbocycles. The summed E-state index contributed by atoms with van der Waals surface area (Å²) in [5, 5.41) is 7.15. The quantitative estimate of drug-likeness (QED) is 0.886. The lowest BCUT2D eigenvalue weighted by Crippen LogP contribution is -2.58. The van der Waals surface area contributed by atoms with Gasteiger partial charge in [-0.25, -0.2) is 0 Å². The second-order valence-corrected chi connectivity index (χ2v) is 6.68. The van der Waals surface area contributed by atoms with Crippen molar-refractivity contribution in [2.45, 2.75) is 39.3 Å². The monoisotopic (exact) mass is 318 g/mol. The Balaban J connectivity index is 1.56. The van der Waals surface area contributed by atoms with Crippen LogP contribution >= 0.6 is 0 Å². The van der Waals surface area contributed by atoms with Crippen LogP contribution in [0.4, 0.5) is 0 Å². The van der Waals surface area contributed by atoms with Crippen molar-refractivity contribution in [1.82, 2.24) is 10.5 Å². The van der Waals surface area contributed by atoms with Gasteiger partial charge in [0.15, 0.2) is 11.5 Å². The van der Waals surface area contributed by atoms with Gasteiger partial charge in [-0.3, -0.25) is 4.79 Å². The van der Waals surface area contributed by atoms with Gasteiger partial charge in [0.05, 0.1) is 12.0 Å². The predicted octanol–water partition coefficient (Wildman–Crippen LogP) is 2.80. The SMILES string of the molecule is COCc1cc(CC2CC(NC(=O)c3ccco3)C2(C)C)no1. The molecule has 1 aliphatic rings. The van der Waals surface area contributed by atoms with Crippen LogP contribution in [0, 0.1) is 11.3 Å². The minimum absolute atomic E-state index is 0.00260.